The normalized spacial score (nSPS) is 10.3. The van der Waals surface area contributed by atoms with E-state index in [1.54, 1.807) is 12.3 Å². The van der Waals surface area contributed by atoms with Gasteiger partial charge in [0.1, 0.15) is 11.6 Å². The van der Waals surface area contributed by atoms with E-state index in [1.807, 2.05) is 6.92 Å². The summed E-state index contributed by atoms with van der Waals surface area (Å²) in [7, 11) is 1.52. The van der Waals surface area contributed by atoms with Crippen molar-refractivity contribution in [3.05, 3.63) is 23.9 Å². The summed E-state index contributed by atoms with van der Waals surface area (Å²) in [4.78, 5) is 12.1. The van der Waals surface area contributed by atoms with Gasteiger partial charge in [0.25, 0.3) is 0 Å². The van der Waals surface area contributed by atoms with E-state index in [9.17, 15) is 0 Å². The van der Waals surface area contributed by atoms with Crippen LogP contribution in [0.15, 0.2) is 16.7 Å². The monoisotopic (exact) mass is 249 g/mol. The zero-order chi connectivity index (χ0) is 13.0. The Kier molecular flexibility index (Phi) is 3.61. The highest BCUT2D eigenvalue weighted by molar-refractivity contribution is 5.42. The fourth-order valence-electron chi connectivity index (χ4n) is 1.40. The Bertz CT molecular complexity index is 526. The molecule has 0 aliphatic rings. The van der Waals surface area contributed by atoms with E-state index < -0.39 is 0 Å². The molecule has 7 heteroatoms. The third-order valence-corrected chi connectivity index (χ3v) is 2.30. The molecule has 0 atom stereocenters. The van der Waals surface area contributed by atoms with Gasteiger partial charge in [0.15, 0.2) is 0 Å². The van der Waals surface area contributed by atoms with Crippen LogP contribution in [0.3, 0.4) is 0 Å². The molecule has 0 saturated carbocycles. The summed E-state index contributed by atoms with van der Waals surface area (Å²) >= 11 is 0. The molecule has 0 spiro atoms. The van der Waals surface area contributed by atoms with Crippen LogP contribution >= 0.6 is 0 Å². The second-order valence-electron chi connectivity index (χ2n) is 3.58. The molecule has 0 unspecified atom stereocenters. The average molecular weight is 249 g/mol. The van der Waals surface area contributed by atoms with Crippen molar-refractivity contribution in [2.75, 3.05) is 18.2 Å². The van der Waals surface area contributed by atoms with Crippen LogP contribution in [-0.4, -0.2) is 22.1 Å². The van der Waals surface area contributed by atoms with Gasteiger partial charge >= 0.3 is 0 Å². The lowest BCUT2D eigenvalue weighted by Crippen LogP contribution is -2.05. The van der Waals surface area contributed by atoms with Crippen LogP contribution in [0.2, 0.25) is 0 Å². The molecule has 96 valence electrons. The summed E-state index contributed by atoms with van der Waals surface area (Å²) in [5.74, 6) is 2.58. The predicted octanol–water partition coefficient (Wildman–Crippen LogP) is 1.23. The summed E-state index contributed by atoms with van der Waals surface area (Å²) in [6.07, 6.45) is 2.53. The first-order chi connectivity index (χ1) is 8.71. The summed E-state index contributed by atoms with van der Waals surface area (Å²) < 4.78 is 10.5. The van der Waals surface area contributed by atoms with Crippen molar-refractivity contribution < 1.29 is 9.15 Å². The van der Waals surface area contributed by atoms with Crippen molar-refractivity contribution in [2.24, 2.45) is 0 Å². The number of nitrogens with one attached hydrogen (secondary N) is 1. The second-order valence-corrected chi connectivity index (χ2v) is 3.58. The van der Waals surface area contributed by atoms with Crippen molar-refractivity contribution in [2.45, 2.75) is 19.9 Å². The number of ether oxygens (including phenoxy) is 1. The van der Waals surface area contributed by atoms with E-state index >= 15 is 0 Å². The molecule has 2 rings (SSSR count). The van der Waals surface area contributed by atoms with Gasteiger partial charge in [-0.2, -0.15) is 9.97 Å². The Morgan fingerprint density at radius 1 is 1.44 bits per heavy atom. The van der Waals surface area contributed by atoms with Gasteiger partial charge in [-0.25, -0.2) is 4.98 Å². The Balaban J connectivity index is 2.03. The van der Waals surface area contributed by atoms with Crippen molar-refractivity contribution in [1.29, 1.82) is 0 Å². The first-order valence-corrected chi connectivity index (χ1v) is 5.57. The fraction of sp³-hybridized carbons (Fsp3) is 0.364. The Labute approximate surface area is 104 Å². The van der Waals surface area contributed by atoms with Gasteiger partial charge in [-0.3, -0.25) is 0 Å². The number of hydrogen-bond acceptors (Lipinski definition) is 7. The van der Waals surface area contributed by atoms with Gasteiger partial charge in [0, 0.05) is 12.5 Å². The number of rotatable bonds is 5. The van der Waals surface area contributed by atoms with Crippen LogP contribution in [0, 0.1) is 0 Å². The lowest BCUT2D eigenvalue weighted by atomic mass is 10.4. The first kappa shape index (κ1) is 12.2. The van der Waals surface area contributed by atoms with Crippen molar-refractivity contribution >= 4 is 11.8 Å². The van der Waals surface area contributed by atoms with Gasteiger partial charge in [-0.15, -0.1) is 0 Å². The van der Waals surface area contributed by atoms with Crippen molar-refractivity contribution in [3.63, 3.8) is 0 Å². The molecule has 3 N–H and O–H groups in total. The van der Waals surface area contributed by atoms with Crippen LogP contribution < -0.4 is 15.8 Å². The molecule has 0 fully saturated rings. The van der Waals surface area contributed by atoms with Crippen LogP contribution in [0.5, 0.6) is 5.88 Å². The van der Waals surface area contributed by atoms with E-state index in [2.05, 4.69) is 20.3 Å². The van der Waals surface area contributed by atoms with Gasteiger partial charge in [0.2, 0.25) is 17.7 Å². The topological polar surface area (TPSA) is 99.1 Å². The van der Waals surface area contributed by atoms with Crippen LogP contribution in [-0.2, 0) is 13.0 Å². The maximum absolute atomic E-state index is 5.55. The number of nitrogens with zero attached hydrogens (tertiary/aromatic N) is 3. The quantitative estimate of drug-likeness (QED) is 0.822. The Hall–Kier alpha value is -2.31. The summed E-state index contributed by atoms with van der Waals surface area (Å²) in [6.45, 7) is 2.44. The van der Waals surface area contributed by atoms with Crippen LogP contribution in [0.4, 0.5) is 11.8 Å². The third-order valence-electron chi connectivity index (χ3n) is 2.30. The minimum Gasteiger partial charge on any atom is -0.481 e. The molecule has 0 aliphatic heterocycles. The molecule has 0 bridgehead atoms. The van der Waals surface area contributed by atoms with Crippen LogP contribution in [0.25, 0.3) is 0 Å². The third kappa shape index (κ3) is 2.88. The lowest BCUT2D eigenvalue weighted by molar-refractivity contribution is 0.398. The highest BCUT2D eigenvalue weighted by Gasteiger charge is 2.05. The lowest BCUT2D eigenvalue weighted by Gasteiger charge is -2.05. The van der Waals surface area contributed by atoms with E-state index in [-0.39, 0.29) is 5.95 Å². The van der Waals surface area contributed by atoms with E-state index in [4.69, 9.17) is 14.9 Å². The molecule has 0 amide bonds. The number of nitrogens with two attached hydrogens (primary N) is 1. The van der Waals surface area contributed by atoms with Gasteiger partial charge in [0.05, 0.1) is 19.9 Å². The molecule has 18 heavy (non-hydrogen) atoms. The van der Waals surface area contributed by atoms with Crippen molar-refractivity contribution in [1.82, 2.24) is 15.0 Å². The van der Waals surface area contributed by atoms with Gasteiger partial charge in [-0.05, 0) is 0 Å². The van der Waals surface area contributed by atoms with Gasteiger partial charge < -0.3 is 20.2 Å². The molecular formula is C11H15N5O2. The molecule has 2 aromatic rings. The maximum atomic E-state index is 5.55. The number of aromatic nitrogens is 3. The molecule has 2 heterocycles. The predicted molar refractivity (Wildman–Crippen MR) is 66.2 cm³/mol. The van der Waals surface area contributed by atoms with Crippen molar-refractivity contribution in [3.8, 4) is 5.88 Å². The molecule has 0 aliphatic carbocycles. The summed E-state index contributed by atoms with van der Waals surface area (Å²) in [6, 6.07) is 1.65. The highest BCUT2D eigenvalue weighted by Crippen LogP contribution is 2.15. The largest absolute Gasteiger partial charge is 0.481 e. The number of oxazole rings is 1. The standard InChI is InChI=1S/C11H15N5O2/c1-3-7-5-14-10(18-7)6-13-8-4-9(17-2)16-11(12)15-8/h4-5H,3,6H2,1-2H3,(H3,12,13,15,16). The van der Waals surface area contributed by atoms with Crippen LogP contribution in [0.1, 0.15) is 18.6 Å². The van der Waals surface area contributed by atoms with E-state index in [0.29, 0.717) is 24.1 Å². The molecule has 0 saturated heterocycles. The number of aryl methyl sites for hydroxylation is 1. The fourth-order valence-corrected chi connectivity index (χ4v) is 1.40. The summed E-state index contributed by atoms with van der Waals surface area (Å²) in [5, 5.41) is 3.05. The summed E-state index contributed by atoms with van der Waals surface area (Å²) in [5.41, 5.74) is 5.55. The molecule has 2 aromatic heterocycles. The average Bonchev–Trinajstić information content (AvgIpc) is 2.83. The second kappa shape index (κ2) is 5.35. The molecule has 0 radical (unpaired) electrons. The van der Waals surface area contributed by atoms with E-state index in [1.165, 1.54) is 7.11 Å². The maximum Gasteiger partial charge on any atom is 0.225 e. The Morgan fingerprint density at radius 3 is 2.94 bits per heavy atom. The smallest absolute Gasteiger partial charge is 0.225 e. The number of hydrogen-bond donors (Lipinski definition) is 2. The number of anilines is 2. The minimum absolute atomic E-state index is 0.151. The molecule has 0 aromatic carbocycles. The highest BCUT2D eigenvalue weighted by atomic mass is 16.5. The minimum atomic E-state index is 0.151. The SMILES string of the molecule is CCc1cnc(CNc2cc(OC)nc(N)n2)o1. The molecular weight excluding hydrogens is 234 g/mol. The number of nitrogen functional groups attached to an aromatic ring is 1. The van der Waals surface area contributed by atoms with E-state index in [0.717, 1.165) is 12.2 Å². The number of methoxy groups -OCH3 is 1. The zero-order valence-electron chi connectivity index (χ0n) is 10.3. The zero-order valence-corrected chi connectivity index (χ0v) is 10.3. The Morgan fingerprint density at radius 2 is 2.28 bits per heavy atom. The van der Waals surface area contributed by atoms with Gasteiger partial charge in [-0.1, -0.05) is 6.92 Å². The molecule has 7 nitrogen and oxygen atoms in total. The first-order valence-electron chi connectivity index (χ1n) is 5.57.